The van der Waals surface area contributed by atoms with Gasteiger partial charge in [0.1, 0.15) is 0 Å². The largest absolute Gasteiger partial charge is 0.350 e. The first kappa shape index (κ1) is 21.4. The van der Waals surface area contributed by atoms with Gasteiger partial charge < -0.3 is 10.6 Å². The number of hydrogen-bond acceptors (Lipinski definition) is 3. The lowest BCUT2D eigenvalue weighted by atomic mass is 9.53. The molecule has 5 aliphatic carbocycles. The lowest BCUT2D eigenvalue weighted by Crippen LogP contribution is -2.60. The quantitative estimate of drug-likeness (QED) is 0.600. The molecule has 5 saturated carbocycles. The molecule has 0 saturated heterocycles. The summed E-state index contributed by atoms with van der Waals surface area (Å²) in [5.74, 6) is 3.52. The lowest BCUT2D eigenvalue weighted by Gasteiger charge is -2.56. The van der Waals surface area contributed by atoms with Gasteiger partial charge in [0.2, 0.25) is 5.91 Å². The normalized spacial score (nSPS) is 36.2. The molecule has 2 atom stereocenters. The highest BCUT2D eigenvalue weighted by Gasteiger charge is 2.51. The molecular weight excluding hydrogens is 404 g/mol. The molecule has 5 aliphatic rings. The van der Waals surface area contributed by atoms with E-state index in [0.717, 1.165) is 29.1 Å². The number of amides is 2. The third-order valence-corrected chi connectivity index (χ3v) is 9.43. The molecule has 168 valence electrons. The summed E-state index contributed by atoms with van der Waals surface area (Å²) in [5, 5.41) is 6.72. The zero-order valence-electron chi connectivity index (χ0n) is 18.7. The van der Waals surface area contributed by atoms with Gasteiger partial charge in [-0.1, -0.05) is 31.9 Å². The Labute approximate surface area is 190 Å². The number of carbonyl (C=O) groups excluding carboxylic acids is 2. The van der Waals surface area contributed by atoms with Crippen LogP contribution in [0.25, 0.3) is 0 Å². The van der Waals surface area contributed by atoms with Gasteiger partial charge in [-0.2, -0.15) is 0 Å². The van der Waals surface area contributed by atoms with Gasteiger partial charge in [-0.05, 0) is 87.2 Å². The summed E-state index contributed by atoms with van der Waals surface area (Å²) < 4.78 is 0. The molecule has 6 rings (SSSR count). The van der Waals surface area contributed by atoms with E-state index in [1.54, 1.807) is 0 Å². The molecule has 2 unspecified atom stereocenters. The van der Waals surface area contributed by atoms with Crippen molar-refractivity contribution in [1.82, 2.24) is 10.6 Å². The van der Waals surface area contributed by atoms with Crippen LogP contribution in [-0.2, 0) is 4.79 Å². The van der Waals surface area contributed by atoms with E-state index in [1.807, 2.05) is 24.3 Å². The molecular formula is C26H36N2O2S. The first-order valence-electron chi connectivity index (χ1n) is 12.3. The molecule has 0 radical (unpaired) electrons. The minimum atomic E-state index is 0.00309. The fourth-order valence-electron chi connectivity index (χ4n) is 7.30. The van der Waals surface area contributed by atoms with Crippen molar-refractivity contribution in [3.8, 4) is 0 Å². The van der Waals surface area contributed by atoms with E-state index in [2.05, 4.69) is 17.6 Å². The highest BCUT2D eigenvalue weighted by Crippen LogP contribution is 2.55. The molecule has 4 bridgehead atoms. The highest BCUT2D eigenvalue weighted by molar-refractivity contribution is 8.00. The maximum Gasteiger partial charge on any atom is 0.252 e. The second-order valence-electron chi connectivity index (χ2n) is 10.9. The Bertz CT molecular complexity index is 803. The molecule has 0 aromatic heterocycles. The maximum atomic E-state index is 13.0. The van der Waals surface area contributed by atoms with Crippen molar-refractivity contribution >= 4 is 23.6 Å². The minimum Gasteiger partial charge on any atom is -0.350 e. The van der Waals surface area contributed by atoms with E-state index < -0.39 is 0 Å². The Morgan fingerprint density at radius 3 is 2.32 bits per heavy atom. The zero-order valence-corrected chi connectivity index (χ0v) is 19.5. The summed E-state index contributed by atoms with van der Waals surface area (Å²) in [4.78, 5) is 26.8. The zero-order chi connectivity index (χ0) is 21.4. The first-order chi connectivity index (χ1) is 15.0. The molecule has 5 fully saturated rings. The van der Waals surface area contributed by atoms with Gasteiger partial charge >= 0.3 is 0 Å². The van der Waals surface area contributed by atoms with Crippen LogP contribution in [0.5, 0.6) is 0 Å². The molecule has 5 heteroatoms. The molecule has 2 N–H and O–H groups in total. The maximum absolute atomic E-state index is 13.0. The van der Waals surface area contributed by atoms with Crippen LogP contribution in [0.2, 0.25) is 0 Å². The van der Waals surface area contributed by atoms with Gasteiger partial charge in [0.05, 0.1) is 11.3 Å². The van der Waals surface area contributed by atoms with Crippen LogP contribution in [0.1, 0.15) is 81.5 Å². The smallest absolute Gasteiger partial charge is 0.252 e. The van der Waals surface area contributed by atoms with Crippen molar-refractivity contribution in [2.45, 2.75) is 87.6 Å². The fourth-order valence-corrected chi connectivity index (χ4v) is 8.15. The Balaban J connectivity index is 1.19. The molecule has 1 aromatic carbocycles. The number of thioether (sulfide) groups is 1. The molecule has 0 heterocycles. The second-order valence-corrected chi connectivity index (χ2v) is 11.9. The topological polar surface area (TPSA) is 58.2 Å². The Hall–Kier alpha value is -1.49. The molecule has 0 aliphatic heterocycles. The van der Waals surface area contributed by atoms with E-state index in [4.69, 9.17) is 0 Å². The van der Waals surface area contributed by atoms with Crippen LogP contribution in [0.4, 0.5) is 0 Å². The molecule has 1 aromatic rings. The van der Waals surface area contributed by atoms with Crippen LogP contribution in [-0.4, -0.2) is 29.1 Å². The Morgan fingerprint density at radius 1 is 1.00 bits per heavy atom. The summed E-state index contributed by atoms with van der Waals surface area (Å²) in [7, 11) is 0. The van der Waals surface area contributed by atoms with E-state index in [9.17, 15) is 9.59 Å². The van der Waals surface area contributed by atoms with Gasteiger partial charge in [-0.3, -0.25) is 9.59 Å². The van der Waals surface area contributed by atoms with Crippen LogP contribution < -0.4 is 10.6 Å². The number of rotatable bonds is 6. The summed E-state index contributed by atoms with van der Waals surface area (Å²) in [6, 6.07) is 8.00. The van der Waals surface area contributed by atoms with Gasteiger partial charge in [0, 0.05) is 16.5 Å². The monoisotopic (exact) mass is 440 g/mol. The van der Waals surface area contributed by atoms with E-state index in [1.165, 1.54) is 69.5 Å². The molecule has 4 nitrogen and oxygen atoms in total. The number of benzene rings is 1. The fraction of sp³-hybridized carbons (Fsp3) is 0.692. The summed E-state index contributed by atoms with van der Waals surface area (Å²) in [6.45, 7) is 2.24. The van der Waals surface area contributed by atoms with E-state index >= 15 is 0 Å². The van der Waals surface area contributed by atoms with Gasteiger partial charge in [0.15, 0.2) is 0 Å². The van der Waals surface area contributed by atoms with Crippen LogP contribution in [0.3, 0.4) is 0 Å². The van der Waals surface area contributed by atoms with Crippen molar-refractivity contribution in [2.75, 3.05) is 5.75 Å². The standard InChI is InChI=1S/C26H36N2O2S/c1-17-6-2-4-8-22(17)27-25(30)21-7-3-5-9-23(21)31-16-24(29)28-26-13-18-10-19(14-26)12-20(11-18)15-26/h3,5,7,9,17-20,22H,2,4,6,8,10-16H2,1H3,(H,27,30)(H,28,29). The van der Waals surface area contributed by atoms with Gasteiger partial charge in [0.25, 0.3) is 5.91 Å². The molecule has 31 heavy (non-hydrogen) atoms. The van der Waals surface area contributed by atoms with E-state index in [0.29, 0.717) is 17.2 Å². The second kappa shape index (κ2) is 8.80. The van der Waals surface area contributed by atoms with Gasteiger partial charge in [-0.15, -0.1) is 11.8 Å². The SMILES string of the molecule is CC1CCCCC1NC(=O)c1ccccc1SCC(=O)NC12CC3CC(CC(C3)C1)C2. The third-order valence-electron chi connectivity index (χ3n) is 8.36. The van der Waals surface area contributed by atoms with Crippen LogP contribution in [0.15, 0.2) is 29.2 Å². The number of hydrogen-bond donors (Lipinski definition) is 2. The Kier molecular flexibility index (Phi) is 6.07. The number of carbonyl (C=O) groups is 2. The first-order valence-corrected chi connectivity index (χ1v) is 13.3. The van der Waals surface area contributed by atoms with Crippen LogP contribution >= 0.6 is 11.8 Å². The van der Waals surface area contributed by atoms with E-state index in [-0.39, 0.29) is 23.4 Å². The van der Waals surface area contributed by atoms with Crippen molar-refractivity contribution in [3.05, 3.63) is 29.8 Å². The van der Waals surface area contributed by atoms with Crippen molar-refractivity contribution in [2.24, 2.45) is 23.7 Å². The summed E-state index contributed by atoms with van der Waals surface area (Å²) in [6.07, 6.45) is 12.4. The average molecular weight is 441 g/mol. The Morgan fingerprint density at radius 2 is 1.65 bits per heavy atom. The van der Waals surface area contributed by atoms with Crippen molar-refractivity contribution in [3.63, 3.8) is 0 Å². The molecule has 2 amide bonds. The summed E-state index contributed by atoms with van der Waals surface area (Å²) in [5.41, 5.74) is 0.758. The predicted octanol–water partition coefficient (Wildman–Crippen LogP) is 5.17. The highest BCUT2D eigenvalue weighted by atomic mass is 32.2. The lowest BCUT2D eigenvalue weighted by molar-refractivity contribution is -0.124. The summed E-state index contributed by atoms with van der Waals surface area (Å²) >= 11 is 1.50. The number of nitrogens with one attached hydrogen (secondary N) is 2. The predicted molar refractivity (Wildman–Crippen MR) is 125 cm³/mol. The van der Waals surface area contributed by atoms with Crippen molar-refractivity contribution in [1.29, 1.82) is 0 Å². The van der Waals surface area contributed by atoms with Crippen molar-refractivity contribution < 1.29 is 9.59 Å². The van der Waals surface area contributed by atoms with Gasteiger partial charge in [-0.25, -0.2) is 0 Å². The average Bonchev–Trinajstić information content (AvgIpc) is 2.73. The molecule has 0 spiro atoms. The van der Waals surface area contributed by atoms with Crippen LogP contribution in [0, 0.1) is 23.7 Å². The third kappa shape index (κ3) is 4.67. The minimum absolute atomic E-state index is 0.00309.